The number of Topliss-reactive ketones (excluding diaryl/α,β-unsaturated/α-hetero) is 1. The van der Waals surface area contributed by atoms with Crippen molar-refractivity contribution in [3.8, 4) is 0 Å². The van der Waals surface area contributed by atoms with E-state index in [1.165, 1.54) is 10.5 Å². The van der Waals surface area contributed by atoms with Gasteiger partial charge in [0.15, 0.2) is 0 Å². The van der Waals surface area contributed by atoms with Crippen LogP contribution in [0.25, 0.3) is 0 Å². The molecule has 1 unspecified atom stereocenters. The van der Waals surface area contributed by atoms with Gasteiger partial charge in [-0.2, -0.15) is 0 Å². The lowest BCUT2D eigenvalue weighted by molar-refractivity contribution is -0.119. The third-order valence-electron chi connectivity index (χ3n) is 3.36. The molecule has 0 N–H and O–H groups in total. The highest BCUT2D eigenvalue weighted by Crippen LogP contribution is 2.40. The molecule has 19 heavy (non-hydrogen) atoms. The van der Waals surface area contributed by atoms with Crippen molar-refractivity contribution >= 4 is 29.1 Å². The molecule has 2 aromatic carbocycles. The van der Waals surface area contributed by atoms with Crippen molar-refractivity contribution in [2.45, 2.75) is 17.2 Å². The fraction of sp³-hybridized carbons (Fsp3) is 0.188. The van der Waals surface area contributed by atoms with E-state index in [0.717, 1.165) is 11.3 Å². The monoisotopic (exact) mass is 288 g/mol. The second-order valence-corrected chi connectivity index (χ2v) is 6.17. The molecular formula is C16H13ClOS. The van der Waals surface area contributed by atoms with Crippen LogP contribution in [-0.2, 0) is 11.2 Å². The number of hydrogen-bond acceptors (Lipinski definition) is 2. The average molecular weight is 289 g/mol. The maximum absolute atomic E-state index is 12.4. The van der Waals surface area contributed by atoms with Crippen molar-refractivity contribution in [2.75, 3.05) is 5.75 Å². The van der Waals surface area contributed by atoms with E-state index in [1.54, 1.807) is 11.8 Å². The van der Waals surface area contributed by atoms with E-state index in [9.17, 15) is 4.79 Å². The molecule has 1 aliphatic rings. The zero-order valence-corrected chi connectivity index (χ0v) is 11.9. The first-order valence-corrected chi connectivity index (χ1v) is 7.59. The summed E-state index contributed by atoms with van der Waals surface area (Å²) in [6.07, 6.45) is 0.458. The Hall–Kier alpha value is -1.25. The number of hydrogen-bond donors (Lipinski definition) is 0. The Morgan fingerprint density at radius 2 is 2.05 bits per heavy atom. The molecule has 1 heterocycles. The Labute approximate surface area is 122 Å². The predicted molar refractivity (Wildman–Crippen MR) is 80.1 cm³/mol. The van der Waals surface area contributed by atoms with Gasteiger partial charge in [-0.3, -0.25) is 4.79 Å². The van der Waals surface area contributed by atoms with Crippen LogP contribution in [0.2, 0.25) is 5.02 Å². The van der Waals surface area contributed by atoms with Crippen LogP contribution in [0.4, 0.5) is 0 Å². The van der Waals surface area contributed by atoms with E-state index in [0.29, 0.717) is 11.4 Å². The highest BCUT2D eigenvalue weighted by atomic mass is 35.5. The topological polar surface area (TPSA) is 17.1 Å². The third-order valence-corrected chi connectivity index (χ3v) is 4.77. The molecule has 0 saturated heterocycles. The summed E-state index contributed by atoms with van der Waals surface area (Å²) < 4.78 is 0. The minimum Gasteiger partial charge on any atom is -0.299 e. The predicted octanol–water partition coefficient (Wildman–Crippen LogP) is 4.34. The molecule has 0 aliphatic carbocycles. The summed E-state index contributed by atoms with van der Waals surface area (Å²) in [4.78, 5) is 13.7. The summed E-state index contributed by atoms with van der Waals surface area (Å²) in [6.45, 7) is 0. The lowest BCUT2D eigenvalue weighted by Crippen LogP contribution is -2.14. The van der Waals surface area contributed by atoms with E-state index in [-0.39, 0.29) is 11.7 Å². The number of carbonyl (C=O) groups is 1. The first-order chi connectivity index (χ1) is 9.24. The third kappa shape index (κ3) is 2.70. The van der Waals surface area contributed by atoms with E-state index in [2.05, 4.69) is 12.1 Å². The Balaban J connectivity index is 1.79. The molecule has 0 radical (unpaired) electrons. The van der Waals surface area contributed by atoms with E-state index in [4.69, 9.17) is 11.6 Å². The minimum absolute atomic E-state index is 0.0279. The van der Waals surface area contributed by atoms with Crippen LogP contribution in [0.15, 0.2) is 53.4 Å². The van der Waals surface area contributed by atoms with Crippen molar-refractivity contribution in [3.05, 3.63) is 64.7 Å². The van der Waals surface area contributed by atoms with Gasteiger partial charge in [-0.05, 0) is 29.3 Å². The van der Waals surface area contributed by atoms with Gasteiger partial charge in [0.2, 0.25) is 0 Å². The maximum atomic E-state index is 12.4. The van der Waals surface area contributed by atoms with Crippen LogP contribution >= 0.6 is 23.4 Å². The lowest BCUT2D eigenvalue weighted by atomic mass is 9.93. The zero-order chi connectivity index (χ0) is 13.2. The van der Waals surface area contributed by atoms with Crippen molar-refractivity contribution in [1.82, 2.24) is 0 Å². The van der Waals surface area contributed by atoms with Crippen LogP contribution in [0, 0.1) is 0 Å². The summed E-state index contributed by atoms with van der Waals surface area (Å²) in [5.74, 6) is 1.17. The van der Waals surface area contributed by atoms with Crippen molar-refractivity contribution < 1.29 is 4.79 Å². The number of fused-ring (bicyclic) bond motifs is 1. The molecule has 3 heteroatoms. The fourth-order valence-corrected chi connectivity index (χ4v) is 3.88. The van der Waals surface area contributed by atoms with Gasteiger partial charge in [-0.1, -0.05) is 41.9 Å². The molecular weight excluding hydrogens is 276 g/mol. The fourth-order valence-electron chi connectivity index (χ4n) is 2.40. The number of ketones is 1. The Bertz CT molecular complexity index is 624. The van der Waals surface area contributed by atoms with E-state index < -0.39 is 0 Å². The largest absolute Gasteiger partial charge is 0.299 e. The first-order valence-electron chi connectivity index (χ1n) is 6.23. The second kappa shape index (κ2) is 5.40. The van der Waals surface area contributed by atoms with Crippen LogP contribution in [0.3, 0.4) is 0 Å². The minimum atomic E-state index is 0.0279. The van der Waals surface area contributed by atoms with Gasteiger partial charge in [0.1, 0.15) is 5.78 Å². The van der Waals surface area contributed by atoms with Gasteiger partial charge in [0, 0.05) is 22.1 Å². The zero-order valence-electron chi connectivity index (χ0n) is 10.3. The molecule has 0 amide bonds. The first kappa shape index (κ1) is 12.8. The van der Waals surface area contributed by atoms with Gasteiger partial charge < -0.3 is 0 Å². The molecule has 3 rings (SSSR count). The van der Waals surface area contributed by atoms with Crippen LogP contribution in [0.5, 0.6) is 0 Å². The van der Waals surface area contributed by atoms with Gasteiger partial charge >= 0.3 is 0 Å². The lowest BCUT2D eigenvalue weighted by Gasteiger charge is -2.09. The average Bonchev–Trinajstić information content (AvgIpc) is 2.82. The van der Waals surface area contributed by atoms with Gasteiger partial charge in [0.05, 0.1) is 5.92 Å². The van der Waals surface area contributed by atoms with Crippen molar-refractivity contribution in [2.24, 2.45) is 0 Å². The molecule has 2 aromatic rings. The normalized spacial score (nSPS) is 17.2. The number of rotatable bonds is 3. The molecule has 1 aliphatic heterocycles. The SMILES string of the molecule is O=C(Cc1cccc(Cl)c1)C1CSc2ccccc21. The summed E-state index contributed by atoms with van der Waals surface area (Å²) in [7, 11) is 0. The smallest absolute Gasteiger partial charge is 0.145 e. The number of carbonyl (C=O) groups excluding carboxylic acids is 1. The summed E-state index contributed by atoms with van der Waals surface area (Å²) in [5.41, 5.74) is 2.17. The van der Waals surface area contributed by atoms with Gasteiger partial charge in [0.25, 0.3) is 0 Å². The number of thioether (sulfide) groups is 1. The van der Waals surface area contributed by atoms with Crippen LogP contribution in [-0.4, -0.2) is 11.5 Å². The van der Waals surface area contributed by atoms with Gasteiger partial charge in [-0.25, -0.2) is 0 Å². The molecule has 0 saturated carbocycles. The Kier molecular flexibility index (Phi) is 3.63. The highest BCUT2D eigenvalue weighted by molar-refractivity contribution is 7.99. The number of benzene rings is 2. The Morgan fingerprint density at radius 3 is 2.89 bits per heavy atom. The van der Waals surface area contributed by atoms with Crippen LogP contribution in [0.1, 0.15) is 17.0 Å². The molecule has 0 spiro atoms. The van der Waals surface area contributed by atoms with Crippen molar-refractivity contribution in [3.63, 3.8) is 0 Å². The molecule has 96 valence electrons. The van der Waals surface area contributed by atoms with Crippen LogP contribution < -0.4 is 0 Å². The van der Waals surface area contributed by atoms with Crippen molar-refractivity contribution in [1.29, 1.82) is 0 Å². The second-order valence-electron chi connectivity index (χ2n) is 4.67. The Morgan fingerprint density at radius 1 is 1.21 bits per heavy atom. The maximum Gasteiger partial charge on any atom is 0.145 e. The summed E-state index contributed by atoms with van der Waals surface area (Å²) in [6, 6.07) is 15.7. The van der Waals surface area contributed by atoms with Gasteiger partial charge in [-0.15, -0.1) is 11.8 Å². The quantitative estimate of drug-likeness (QED) is 0.836. The molecule has 0 aromatic heterocycles. The number of halogens is 1. The standard InChI is InChI=1S/C16H13ClOS/c17-12-5-3-4-11(8-12)9-15(18)14-10-19-16-7-2-1-6-13(14)16/h1-8,14H,9-10H2. The molecule has 1 nitrogen and oxygen atoms in total. The summed E-state index contributed by atoms with van der Waals surface area (Å²) in [5, 5.41) is 0.687. The molecule has 1 atom stereocenters. The molecule has 0 fully saturated rings. The molecule has 0 bridgehead atoms. The highest BCUT2D eigenvalue weighted by Gasteiger charge is 2.28. The van der Waals surface area contributed by atoms with E-state index in [1.807, 2.05) is 36.4 Å². The summed E-state index contributed by atoms with van der Waals surface area (Å²) >= 11 is 7.72. The van der Waals surface area contributed by atoms with E-state index >= 15 is 0 Å².